The van der Waals surface area contributed by atoms with E-state index in [4.69, 9.17) is 27.9 Å². The van der Waals surface area contributed by atoms with Gasteiger partial charge in [-0.2, -0.15) is 0 Å². The number of nitrogens with zero attached hydrogens (tertiary/aromatic N) is 1. The molecule has 1 heterocycles. The summed E-state index contributed by atoms with van der Waals surface area (Å²) in [5.41, 5.74) is 3.26. The SMILES string of the molecule is Cc1nc(COc2ccc(CNC(C)c3ccc(Cl)c(Cl)c3)cc2)cs1. The number of ether oxygens (including phenoxy) is 1. The van der Waals surface area contributed by atoms with Crippen LogP contribution in [0.25, 0.3) is 0 Å². The summed E-state index contributed by atoms with van der Waals surface area (Å²) < 4.78 is 5.78. The summed E-state index contributed by atoms with van der Waals surface area (Å²) >= 11 is 13.7. The van der Waals surface area contributed by atoms with Gasteiger partial charge in [0.25, 0.3) is 0 Å². The number of hydrogen-bond acceptors (Lipinski definition) is 4. The molecule has 0 aliphatic carbocycles. The van der Waals surface area contributed by atoms with Crippen LogP contribution in [-0.4, -0.2) is 4.98 Å². The normalized spacial score (nSPS) is 12.2. The highest BCUT2D eigenvalue weighted by molar-refractivity contribution is 7.09. The van der Waals surface area contributed by atoms with Crippen LogP contribution in [-0.2, 0) is 13.2 Å². The molecule has 1 atom stereocenters. The van der Waals surface area contributed by atoms with Gasteiger partial charge in [-0.25, -0.2) is 4.98 Å². The first-order valence-electron chi connectivity index (χ1n) is 8.32. The minimum atomic E-state index is 0.175. The van der Waals surface area contributed by atoms with Gasteiger partial charge in [-0.15, -0.1) is 11.3 Å². The van der Waals surface area contributed by atoms with Gasteiger partial charge in [0.05, 0.1) is 20.7 Å². The van der Waals surface area contributed by atoms with E-state index in [1.54, 1.807) is 11.3 Å². The lowest BCUT2D eigenvalue weighted by Gasteiger charge is -2.15. The zero-order valence-electron chi connectivity index (χ0n) is 14.6. The molecule has 0 aliphatic heterocycles. The minimum absolute atomic E-state index is 0.175. The number of aryl methyl sites for hydroxylation is 1. The maximum atomic E-state index is 6.09. The van der Waals surface area contributed by atoms with Crippen molar-refractivity contribution in [2.75, 3.05) is 0 Å². The molecule has 0 aliphatic rings. The molecular weight excluding hydrogens is 387 g/mol. The average molecular weight is 407 g/mol. The number of hydrogen-bond donors (Lipinski definition) is 1. The second-order valence-electron chi connectivity index (χ2n) is 6.07. The van der Waals surface area contributed by atoms with Crippen molar-refractivity contribution in [1.82, 2.24) is 10.3 Å². The van der Waals surface area contributed by atoms with Crippen LogP contribution >= 0.6 is 34.5 Å². The van der Waals surface area contributed by atoms with Crippen LogP contribution in [0.5, 0.6) is 5.75 Å². The third-order valence-corrected chi connectivity index (χ3v) is 5.59. The molecule has 136 valence electrons. The highest BCUT2D eigenvalue weighted by Gasteiger charge is 2.07. The Morgan fingerprint density at radius 1 is 1.12 bits per heavy atom. The van der Waals surface area contributed by atoms with Crippen LogP contribution in [0.1, 0.15) is 34.8 Å². The van der Waals surface area contributed by atoms with Crippen molar-refractivity contribution in [3.05, 3.63) is 79.7 Å². The molecule has 3 rings (SSSR count). The Morgan fingerprint density at radius 2 is 1.88 bits per heavy atom. The molecule has 0 amide bonds. The number of rotatable bonds is 7. The fraction of sp³-hybridized carbons (Fsp3) is 0.250. The van der Waals surface area contributed by atoms with Crippen molar-refractivity contribution in [3.63, 3.8) is 0 Å². The predicted octanol–water partition coefficient (Wildman–Crippen LogP) is 6.19. The molecule has 3 aromatic rings. The smallest absolute Gasteiger partial charge is 0.131 e. The van der Waals surface area contributed by atoms with E-state index in [0.29, 0.717) is 16.7 Å². The molecule has 3 nitrogen and oxygen atoms in total. The van der Waals surface area contributed by atoms with Gasteiger partial charge < -0.3 is 10.1 Å². The second kappa shape index (κ2) is 8.87. The monoisotopic (exact) mass is 406 g/mol. The van der Waals surface area contributed by atoms with E-state index in [1.165, 1.54) is 5.56 Å². The Kier molecular flexibility index (Phi) is 6.54. The average Bonchev–Trinajstić information content (AvgIpc) is 3.06. The maximum absolute atomic E-state index is 6.09. The fourth-order valence-corrected chi connectivity index (χ4v) is 3.41. The van der Waals surface area contributed by atoms with Crippen molar-refractivity contribution in [2.45, 2.75) is 33.0 Å². The first-order chi connectivity index (χ1) is 12.5. The van der Waals surface area contributed by atoms with Gasteiger partial charge in [0.2, 0.25) is 0 Å². The van der Waals surface area contributed by atoms with E-state index >= 15 is 0 Å². The molecule has 1 aromatic heterocycles. The molecule has 2 aromatic carbocycles. The summed E-state index contributed by atoms with van der Waals surface area (Å²) in [5, 5.41) is 7.73. The summed E-state index contributed by atoms with van der Waals surface area (Å²) in [6, 6.07) is 14.0. The van der Waals surface area contributed by atoms with E-state index < -0.39 is 0 Å². The zero-order chi connectivity index (χ0) is 18.5. The summed E-state index contributed by atoms with van der Waals surface area (Å²) in [6.07, 6.45) is 0. The molecule has 0 saturated carbocycles. The van der Waals surface area contributed by atoms with Crippen LogP contribution in [0.4, 0.5) is 0 Å². The summed E-state index contributed by atoms with van der Waals surface area (Å²) in [5.74, 6) is 0.844. The quantitative estimate of drug-likeness (QED) is 0.507. The molecule has 0 saturated heterocycles. The van der Waals surface area contributed by atoms with Gasteiger partial charge in [-0.1, -0.05) is 41.4 Å². The Morgan fingerprint density at radius 3 is 2.54 bits per heavy atom. The molecule has 0 fully saturated rings. The van der Waals surface area contributed by atoms with E-state index in [-0.39, 0.29) is 6.04 Å². The van der Waals surface area contributed by atoms with Crippen molar-refractivity contribution >= 4 is 34.5 Å². The molecule has 0 radical (unpaired) electrons. The van der Waals surface area contributed by atoms with Crippen LogP contribution < -0.4 is 10.1 Å². The number of benzene rings is 2. The minimum Gasteiger partial charge on any atom is -0.487 e. The molecular formula is C20H20Cl2N2OS. The van der Waals surface area contributed by atoms with Gasteiger partial charge >= 0.3 is 0 Å². The van der Waals surface area contributed by atoms with E-state index in [2.05, 4.69) is 29.4 Å². The lowest BCUT2D eigenvalue weighted by molar-refractivity contribution is 0.302. The van der Waals surface area contributed by atoms with Crippen LogP contribution in [0.15, 0.2) is 47.8 Å². The topological polar surface area (TPSA) is 34.1 Å². The highest BCUT2D eigenvalue weighted by atomic mass is 35.5. The van der Waals surface area contributed by atoms with Crippen LogP contribution in [0.2, 0.25) is 10.0 Å². The van der Waals surface area contributed by atoms with Crippen molar-refractivity contribution in [1.29, 1.82) is 0 Å². The number of thiazole rings is 1. The van der Waals surface area contributed by atoms with Crippen LogP contribution in [0.3, 0.4) is 0 Å². The summed E-state index contributed by atoms with van der Waals surface area (Å²) in [7, 11) is 0. The molecule has 0 spiro atoms. The van der Waals surface area contributed by atoms with Crippen molar-refractivity contribution < 1.29 is 4.74 Å². The van der Waals surface area contributed by atoms with E-state index in [9.17, 15) is 0 Å². The molecule has 26 heavy (non-hydrogen) atoms. The number of halogens is 2. The number of nitrogens with one attached hydrogen (secondary N) is 1. The second-order valence-corrected chi connectivity index (χ2v) is 7.94. The third-order valence-electron chi connectivity index (χ3n) is 4.03. The van der Waals surface area contributed by atoms with E-state index in [1.807, 2.05) is 42.6 Å². The molecule has 0 bridgehead atoms. The van der Waals surface area contributed by atoms with Gasteiger partial charge in [0.1, 0.15) is 12.4 Å². The Balaban J connectivity index is 1.51. The standard InChI is InChI=1S/C20H20Cl2N2OS/c1-13(16-5-8-19(21)20(22)9-16)23-10-15-3-6-18(7-4-15)25-11-17-12-26-14(2)24-17/h3-9,12-13,23H,10-11H2,1-2H3. The van der Waals surface area contributed by atoms with Gasteiger partial charge in [0.15, 0.2) is 0 Å². The Bertz CT molecular complexity index is 865. The Labute approximate surface area is 168 Å². The van der Waals surface area contributed by atoms with Gasteiger partial charge in [-0.05, 0) is 49.2 Å². The predicted molar refractivity (Wildman–Crippen MR) is 109 cm³/mol. The summed E-state index contributed by atoms with van der Waals surface area (Å²) in [6.45, 7) is 5.35. The van der Waals surface area contributed by atoms with Crippen molar-refractivity contribution in [2.24, 2.45) is 0 Å². The lowest BCUT2D eigenvalue weighted by atomic mass is 10.1. The van der Waals surface area contributed by atoms with Gasteiger partial charge in [0, 0.05) is 18.0 Å². The van der Waals surface area contributed by atoms with Gasteiger partial charge in [-0.3, -0.25) is 0 Å². The Hall–Kier alpha value is -1.59. The molecule has 1 N–H and O–H groups in total. The van der Waals surface area contributed by atoms with E-state index in [0.717, 1.165) is 28.6 Å². The lowest BCUT2D eigenvalue weighted by Crippen LogP contribution is -2.18. The maximum Gasteiger partial charge on any atom is 0.131 e. The first kappa shape index (κ1) is 19.2. The molecule has 6 heteroatoms. The third kappa shape index (κ3) is 5.21. The zero-order valence-corrected chi connectivity index (χ0v) is 17.0. The largest absolute Gasteiger partial charge is 0.487 e. The fourth-order valence-electron chi connectivity index (χ4n) is 2.51. The highest BCUT2D eigenvalue weighted by Crippen LogP contribution is 2.25. The molecule has 1 unspecified atom stereocenters. The number of aromatic nitrogens is 1. The first-order valence-corrected chi connectivity index (χ1v) is 9.96. The van der Waals surface area contributed by atoms with Crippen LogP contribution in [0, 0.1) is 6.92 Å². The van der Waals surface area contributed by atoms with Crippen molar-refractivity contribution in [3.8, 4) is 5.75 Å². The summed E-state index contributed by atoms with van der Waals surface area (Å²) in [4.78, 5) is 4.40.